The summed E-state index contributed by atoms with van der Waals surface area (Å²) >= 11 is 5.11. The van der Waals surface area contributed by atoms with Crippen LogP contribution in [0.3, 0.4) is 0 Å². The van der Waals surface area contributed by atoms with E-state index in [4.69, 9.17) is 5.73 Å². The van der Waals surface area contributed by atoms with E-state index in [1.165, 1.54) is 4.88 Å². The van der Waals surface area contributed by atoms with Gasteiger partial charge in [0.15, 0.2) is 0 Å². The van der Waals surface area contributed by atoms with E-state index < -0.39 is 6.10 Å². The molecule has 0 saturated heterocycles. The molecule has 0 aliphatic carbocycles. The second-order valence-corrected chi connectivity index (χ2v) is 4.92. The van der Waals surface area contributed by atoms with Crippen LogP contribution in [0.1, 0.15) is 21.4 Å². The molecule has 0 radical (unpaired) electrons. The predicted octanol–water partition coefficient (Wildman–Crippen LogP) is 2.12. The van der Waals surface area contributed by atoms with Crippen LogP contribution in [0.4, 0.5) is 0 Å². The molecule has 1 atom stereocenters. The van der Waals surface area contributed by atoms with Crippen molar-refractivity contribution < 1.29 is 5.11 Å². The van der Waals surface area contributed by atoms with Crippen LogP contribution >= 0.6 is 27.3 Å². The SMILES string of the molecule is Cc1sc(C)c(C(O)CN)c1Br. The predicted molar refractivity (Wildman–Crippen MR) is 55.5 cm³/mol. The number of aliphatic hydroxyl groups excluding tert-OH is 1. The molecule has 0 amide bonds. The van der Waals surface area contributed by atoms with Gasteiger partial charge in [0.05, 0.1) is 6.10 Å². The second-order valence-electron chi connectivity index (χ2n) is 2.69. The molecule has 68 valence electrons. The summed E-state index contributed by atoms with van der Waals surface area (Å²) < 4.78 is 1.00. The highest BCUT2D eigenvalue weighted by atomic mass is 79.9. The average molecular weight is 250 g/mol. The van der Waals surface area contributed by atoms with Gasteiger partial charge in [-0.1, -0.05) is 0 Å². The van der Waals surface area contributed by atoms with Crippen molar-refractivity contribution in [2.75, 3.05) is 6.54 Å². The van der Waals surface area contributed by atoms with Crippen LogP contribution < -0.4 is 5.73 Å². The highest BCUT2D eigenvalue weighted by molar-refractivity contribution is 9.10. The van der Waals surface area contributed by atoms with Gasteiger partial charge < -0.3 is 10.8 Å². The molecule has 0 aliphatic rings. The van der Waals surface area contributed by atoms with Crippen LogP contribution in [-0.4, -0.2) is 11.7 Å². The Labute approximate surface area is 84.5 Å². The van der Waals surface area contributed by atoms with Crippen molar-refractivity contribution in [2.45, 2.75) is 20.0 Å². The molecule has 0 spiro atoms. The minimum atomic E-state index is -0.538. The first kappa shape index (κ1) is 10.2. The molecule has 3 N–H and O–H groups in total. The van der Waals surface area contributed by atoms with Crippen LogP contribution in [0.5, 0.6) is 0 Å². The fraction of sp³-hybridized carbons (Fsp3) is 0.500. The first-order chi connectivity index (χ1) is 5.57. The summed E-state index contributed by atoms with van der Waals surface area (Å²) in [6.45, 7) is 4.29. The third kappa shape index (κ3) is 1.71. The molecular formula is C8H12BrNOS. The molecule has 4 heteroatoms. The Kier molecular flexibility index (Phi) is 3.29. The normalized spacial score (nSPS) is 13.4. The van der Waals surface area contributed by atoms with E-state index in [0.29, 0.717) is 0 Å². The summed E-state index contributed by atoms with van der Waals surface area (Å²) in [5, 5.41) is 9.56. The van der Waals surface area contributed by atoms with Crippen LogP contribution in [-0.2, 0) is 0 Å². The molecule has 0 saturated carbocycles. The molecule has 1 rings (SSSR count). The summed E-state index contributed by atoms with van der Waals surface area (Å²) in [5.74, 6) is 0. The van der Waals surface area contributed by atoms with Gasteiger partial charge in [-0.3, -0.25) is 0 Å². The molecule has 2 nitrogen and oxygen atoms in total. The van der Waals surface area contributed by atoms with Gasteiger partial charge in [0, 0.05) is 26.3 Å². The Morgan fingerprint density at radius 3 is 2.42 bits per heavy atom. The molecular weight excluding hydrogens is 238 g/mol. The van der Waals surface area contributed by atoms with Gasteiger partial charge in [-0.2, -0.15) is 0 Å². The van der Waals surface area contributed by atoms with Gasteiger partial charge in [-0.15, -0.1) is 11.3 Å². The number of hydrogen-bond acceptors (Lipinski definition) is 3. The first-order valence-electron chi connectivity index (χ1n) is 3.71. The Morgan fingerprint density at radius 2 is 2.08 bits per heavy atom. The summed E-state index contributed by atoms with van der Waals surface area (Å²) in [6.07, 6.45) is -0.538. The Balaban J connectivity index is 3.13. The summed E-state index contributed by atoms with van der Waals surface area (Å²) in [7, 11) is 0. The zero-order valence-corrected chi connectivity index (χ0v) is 9.50. The minimum Gasteiger partial charge on any atom is -0.387 e. The van der Waals surface area contributed by atoms with E-state index in [-0.39, 0.29) is 6.54 Å². The monoisotopic (exact) mass is 249 g/mol. The van der Waals surface area contributed by atoms with Gasteiger partial charge in [0.25, 0.3) is 0 Å². The fourth-order valence-electron chi connectivity index (χ4n) is 1.17. The maximum atomic E-state index is 9.56. The van der Waals surface area contributed by atoms with Crippen molar-refractivity contribution >= 4 is 27.3 Å². The molecule has 12 heavy (non-hydrogen) atoms. The number of halogens is 1. The average Bonchev–Trinajstić information content (AvgIpc) is 2.26. The lowest BCUT2D eigenvalue weighted by Crippen LogP contribution is -2.12. The smallest absolute Gasteiger partial charge is 0.0933 e. The molecule has 1 heterocycles. The summed E-state index contributed by atoms with van der Waals surface area (Å²) in [5.41, 5.74) is 6.33. The topological polar surface area (TPSA) is 46.2 Å². The van der Waals surface area contributed by atoms with Crippen molar-refractivity contribution in [1.29, 1.82) is 0 Å². The van der Waals surface area contributed by atoms with Crippen LogP contribution in [0.25, 0.3) is 0 Å². The first-order valence-corrected chi connectivity index (χ1v) is 5.32. The van der Waals surface area contributed by atoms with Gasteiger partial charge >= 0.3 is 0 Å². The fourth-order valence-corrected chi connectivity index (χ4v) is 3.11. The van der Waals surface area contributed by atoms with E-state index in [0.717, 1.165) is 14.9 Å². The molecule has 1 unspecified atom stereocenters. The molecule has 0 aromatic carbocycles. The van der Waals surface area contributed by atoms with E-state index >= 15 is 0 Å². The minimum absolute atomic E-state index is 0.273. The van der Waals surface area contributed by atoms with Crippen LogP contribution in [0, 0.1) is 13.8 Å². The van der Waals surface area contributed by atoms with E-state index in [1.54, 1.807) is 11.3 Å². The standard InChI is InChI=1S/C8H12BrNOS/c1-4-7(6(11)3-10)8(9)5(2)12-4/h6,11H,3,10H2,1-2H3. The Morgan fingerprint density at radius 1 is 1.50 bits per heavy atom. The van der Waals surface area contributed by atoms with Crippen molar-refractivity contribution in [3.05, 3.63) is 19.8 Å². The largest absolute Gasteiger partial charge is 0.387 e. The zero-order chi connectivity index (χ0) is 9.30. The van der Waals surface area contributed by atoms with Crippen molar-refractivity contribution in [2.24, 2.45) is 5.73 Å². The molecule has 0 fully saturated rings. The van der Waals surface area contributed by atoms with E-state index in [1.807, 2.05) is 13.8 Å². The Bertz CT molecular complexity index is 285. The van der Waals surface area contributed by atoms with Crippen molar-refractivity contribution in [3.63, 3.8) is 0 Å². The highest BCUT2D eigenvalue weighted by Gasteiger charge is 2.16. The van der Waals surface area contributed by atoms with Gasteiger partial charge in [0.1, 0.15) is 0 Å². The Hall–Kier alpha value is 0.100. The van der Waals surface area contributed by atoms with E-state index in [2.05, 4.69) is 15.9 Å². The summed E-state index contributed by atoms with van der Waals surface area (Å²) in [6, 6.07) is 0. The zero-order valence-electron chi connectivity index (χ0n) is 7.10. The molecule has 0 aliphatic heterocycles. The second kappa shape index (κ2) is 3.87. The number of nitrogens with two attached hydrogens (primary N) is 1. The number of rotatable bonds is 2. The van der Waals surface area contributed by atoms with Gasteiger partial charge in [-0.25, -0.2) is 0 Å². The van der Waals surface area contributed by atoms with Crippen molar-refractivity contribution in [3.8, 4) is 0 Å². The lowest BCUT2D eigenvalue weighted by atomic mass is 10.1. The van der Waals surface area contributed by atoms with E-state index in [9.17, 15) is 5.11 Å². The van der Waals surface area contributed by atoms with Crippen molar-refractivity contribution in [1.82, 2.24) is 0 Å². The highest BCUT2D eigenvalue weighted by Crippen LogP contribution is 2.35. The maximum Gasteiger partial charge on any atom is 0.0933 e. The maximum absolute atomic E-state index is 9.56. The van der Waals surface area contributed by atoms with Gasteiger partial charge in [0.2, 0.25) is 0 Å². The van der Waals surface area contributed by atoms with Crippen LogP contribution in [0.15, 0.2) is 4.47 Å². The lowest BCUT2D eigenvalue weighted by Gasteiger charge is -2.07. The van der Waals surface area contributed by atoms with Gasteiger partial charge in [-0.05, 0) is 29.8 Å². The molecule has 1 aromatic heterocycles. The molecule has 1 aromatic rings. The lowest BCUT2D eigenvalue weighted by molar-refractivity contribution is 0.186. The number of aryl methyl sites for hydroxylation is 2. The quantitative estimate of drug-likeness (QED) is 0.844. The van der Waals surface area contributed by atoms with Crippen LogP contribution in [0.2, 0.25) is 0 Å². The third-order valence-corrected chi connectivity index (χ3v) is 4.11. The number of aliphatic hydroxyl groups is 1. The number of thiophene rings is 1. The summed E-state index contributed by atoms with van der Waals surface area (Å²) in [4.78, 5) is 2.33. The number of hydrogen-bond donors (Lipinski definition) is 2. The third-order valence-electron chi connectivity index (χ3n) is 1.79. The molecule has 0 bridgehead atoms.